The van der Waals surface area contributed by atoms with Gasteiger partial charge in [-0.2, -0.15) is 0 Å². The second-order valence-electron chi connectivity index (χ2n) is 5.42. The summed E-state index contributed by atoms with van der Waals surface area (Å²) in [7, 11) is -3.61. The van der Waals surface area contributed by atoms with Gasteiger partial charge in [-0.15, -0.1) is 0 Å². The summed E-state index contributed by atoms with van der Waals surface area (Å²) in [6.45, 7) is -0.271. The van der Waals surface area contributed by atoms with Crippen LogP contribution in [0, 0.1) is 0 Å². The first kappa shape index (κ1) is 17.4. The van der Waals surface area contributed by atoms with Crippen molar-refractivity contribution in [1.29, 1.82) is 0 Å². The summed E-state index contributed by atoms with van der Waals surface area (Å²) >= 11 is 11.8. The maximum Gasteiger partial charge on any atom is 0.240 e. The van der Waals surface area contributed by atoms with Gasteiger partial charge in [0, 0.05) is 6.04 Å². The number of nitrogens with zero attached hydrogens (tertiary/aromatic N) is 1. The minimum atomic E-state index is -3.61. The van der Waals surface area contributed by atoms with Crippen LogP contribution in [0.4, 0.5) is 5.69 Å². The number of halogens is 2. The van der Waals surface area contributed by atoms with Crippen LogP contribution in [0.5, 0.6) is 0 Å². The van der Waals surface area contributed by atoms with Crippen LogP contribution < -0.4 is 9.62 Å². The highest BCUT2D eigenvalue weighted by atomic mass is 35.5. The molecule has 0 saturated heterocycles. The Morgan fingerprint density at radius 2 is 1.91 bits per heavy atom. The van der Waals surface area contributed by atoms with Crippen molar-refractivity contribution >= 4 is 44.8 Å². The predicted octanol–water partition coefficient (Wildman–Crippen LogP) is 2.82. The topological polar surface area (TPSA) is 66.5 Å². The largest absolute Gasteiger partial charge is 0.352 e. The van der Waals surface area contributed by atoms with E-state index in [0.29, 0.717) is 10.7 Å². The number of benzene rings is 1. The molecule has 0 aliphatic heterocycles. The fourth-order valence-electron chi connectivity index (χ4n) is 2.51. The third kappa shape index (κ3) is 4.51. The Hall–Kier alpha value is -0.980. The maximum atomic E-state index is 12.1. The van der Waals surface area contributed by atoms with Crippen molar-refractivity contribution in [2.75, 3.05) is 17.1 Å². The quantitative estimate of drug-likeness (QED) is 0.873. The molecular formula is C14H18Cl2N2O3S. The molecule has 0 unspecified atom stereocenters. The van der Waals surface area contributed by atoms with E-state index in [9.17, 15) is 13.2 Å². The number of sulfonamides is 1. The number of amides is 1. The highest BCUT2D eigenvalue weighted by Crippen LogP contribution is 2.28. The van der Waals surface area contributed by atoms with Crippen molar-refractivity contribution in [2.45, 2.75) is 31.7 Å². The van der Waals surface area contributed by atoms with Crippen molar-refractivity contribution in [2.24, 2.45) is 0 Å². The molecule has 0 heterocycles. The van der Waals surface area contributed by atoms with Crippen LogP contribution >= 0.6 is 23.2 Å². The van der Waals surface area contributed by atoms with Gasteiger partial charge in [0.15, 0.2) is 0 Å². The molecule has 1 amide bonds. The summed E-state index contributed by atoms with van der Waals surface area (Å²) in [5.41, 5.74) is 0.318. The highest BCUT2D eigenvalue weighted by molar-refractivity contribution is 7.92. The molecule has 1 saturated carbocycles. The standard InChI is InChI=1S/C14H18Cl2N2O3S/c1-22(20,21)18(11-6-7-12(15)13(16)8-11)9-14(19)17-10-4-2-3-5-10/h6-8,10H,2-5,9H2,1H3,(H,17,19). The maximum absolute atomic E-state index is 12.1. The van der Waals surface area contributed by atoms with Crippen molar-refractivity contribution in [3.05, 3.63) is 28.2 Å². The van der Waals surface area contributed by atoms with E-state index in [1.807, 2.05) is 0 Å². The zero-order valence-electron chi connectivity index (χ0n) is 12.2. The molecule has 1 aromatic carbocycles. The number of hydrogen-bond donors (Lipinski definition) is 1. The molecule has 1 aromatic rings. The van der Waals surface area contributed by atoms with Gasteiger partial charge < -0.3 is 5.32 Å². The molecule has 1 aliphatic rings. The van der Waals surface area contributed by atoms with Crippen LogP contribution in [0.1, 0.15) is 25.7 Å². The fraction of sp³-hybridized carbons (Fsp3) is 0.500. The first-order valence-electron chi connectivity index (χ1n) is 6.99. The molecule has 122 valence electrons. The van der Waals surface area contributed by atoms with Crippen LogP contribution in [-0.2, 0) is 14.8 Å². The lowest BCUT2D eigenvalue weighted by Crippen LogP contribution is -2.43. The van der Waals surface area contributed by atoms with Gasteiger partial charge in [-0.1, -0.05) is 36.0 Å². The van der Waals surface area contributed by atoms with Crippen molar-refractivity contribution in [1.82, 2.24) is 5.32 Å². The van der Waals surface area contributed by atoms with E-state index in [4.69, 9.17) is 23.2 Å². The van der Waals surface area contributed by atoms with Crippen molar-refractivity contribution < 1.29 is 13.2 Å². The second kappa shape index (κ2) is 7.06. The van der Waals surface area contributed by atoms with Crippen LogP contribution in [0.15, 0.2) is 18.2 Å². The fourth-order valence-corrected chi connectivity index (χ4v) is 3.65. The monoisotopic (exact) mass is 364 g/mol. The van der Waals surface area contributed by atoms with Gasteiger partial charge in [-0.3, -0.25) is 9.10 Å². The summed E-state index contributed by atoms with van der Waals surface area (Å²) in [5, 5.41) is 3.44. The molecule has 1 aliphatic carbocycles. The minimum Gasteiger partial charge on any atom is -0.352 e. The lowest BCUT2D eigenvalue weighted by Gasteiger charge is -2.23. The number of nitrogens with one attached hydrogen (secondary N) is 1. The lowest BCUT2D eigenvalue weighted by atomic mass is 10.2. The van der Waals surface area contributed by atoms with Crippen molar-refractivity contribution in [3.8, 4) is 0 Å². The molecule has 22 heavy (non-hydrogen) atoms. The summed E-state index contributed by atoms with van der Waals surface area (Å²) in [6.07, 6.45) is 5.12. The van der Waals surface area contributed by atoms with Crippen molar-refractivity contribution in [3.63, 3.8) is 0 Å². The van der Waals surface area contributed by atoms with Gasteiger partial charge in [0.1, 0.15) is 6.54 Å². The lowest BCUT2D eigenvalue weighted by molar-refractivity contribution is -0.120. The Kier molecular flexibility index (Phi) is 5.58. The smallest absolute Gasteiger partial charge is 0.240 e. The first-order valence-corrected chi connectivity index (χ1v) is 9.60. The zero-order chi connectivity index (χ0) is 16.3. The van der Waals surface area contributed by atoms with Crippen LogP contribution in [0.25, 0.3) is 0 Å². The number of carbonyl (C=O) groups excluding carboxylic acids is 1. The van der Waals surface area contributed by atoms with Gasteiger partial charge in [-0.05, 0) is 31.0 Å². The Bertz CT molecular complexity index is 658. The van der Waals surface area contributed by atoms with E-state index in [0.717, 1.165) is 36.2 Å². The summed E-state index contributed by atoms with van der Waals surface area (Å²) < 4.78 is 25.0. The van der Waals surface area contributed by atoms with Crippen LogP contribution in [0.2, 0.25) is 10.0 Å². The Morgan fingerprint density at radius 3 is 2.45 bits per heavy atom. The Labute approximate surface area is 140 Å². The number of hydrogen-bond acceptors (Lipinski definition) is 3. The van der Waals surface area contributed by atoms with Gasteiger partial charge in [-0.25, -0.2) is 8.42 Å². The third-order valence-electron chi connectivity index (χ3n) is 3.60. The molecule has 0 atom stereocenters. The van der Waals surface area contributed by atoms with E-state index in [1.54, 1.807) is 0 Å². The molecule has 5 nitrogen and oxygen atoms in total. The van der Waals surface area contributed by atoms with E-state index < -0.39 is 10.0 Å². The molecule has 8 heteroatoms. The number of rotatable bonds is 5. The molecule has 2 rings (SSSR count). The molecule has 0 radical (unpaired) electrons. The minimum absolute atomic E-state index is 0.141. The number of carbonyl (C=O) groups is 1. The molecule has 1 fully saturated rings. The van der Waals surface area contributed by atoms with Crippen LogP contribution in [0.3, 0.4) is 0 Å². The van der Waals surface area contributed by atoms with Gasteiger partial charge in [0.05, 0.1) is 22.0 Å². The molecule has 0 bridgehead atoms. The predicted molar refractivity (Wildman–Crippen MR) is 89.1 cm³/mol. The normalized spacial score (nSPS) is 15.8. The highest BCUT2D eigenvalue weighted by Gasteiger charge is 2.24. The Balaban J connectivity index is 2.16. The average molecular weight is 365 g/mol. The average Bonchev–Trinajstić information content (AvgIpc) is 2.91. The van der Waals surface area contributed by atoms with E-state index in [1.165, 1.54) is 18.2 Å². The van der Waals surface area contributed by atoms with E-state index >= 15 is 0 Å². The second-order valence-corrected chi connectivity index (χ2v) is 8.14. The van der Waals surface area contributed by atoms with E-state index in [2.05, 4.69) is 5.32 Å². The summed E-state index contributed by atoms with van der Waals surface area (Å²) in [4.78, 5) is 12.1. The molecule has 1 N–H and O–H groups in total. The van der Waals surface area contributed by atoms with Gasteiger partial charge in [0.25, 0.3) is 0 Å². The SMILES string of the molecule is CS(=O)(=O)N(CC(=O)NC1CCCC1)c1ccc(Cl)c(Cl)c1. The molecule has 0 aromatic heterocycles. The summed E-state index contributed by atoms with van der Waals surface area (Å²) in [5.74, 6) is -0.316. The third-order valence-corrected chi connectivity index (χ3v) is 5.48. The molecule has 0 spiro atoms. The molecular weight excluding hydrogens is 347 g/mol. The number of anilines is 1. The van der Waals surface area contributed by atoms with Gasteiger partial charge >= 0.3 is 0 Å². The van der Waals surface area contributed by atoms with E-state index in [-0.39, 0.29) is 23.5 Å². The first-order chi connectivity index (χ1) is 10.3. The summed E-state index contributed by atoms with van der Waals surface area (Å²) in [6, 6.07) is 4.61. The zero-order valence-corrected chi connectivity index (χ0v) is 14.5. The Morgan fingerprint density at radius 1 is 1.27 bits per heavy atom. The van der Waals surface area contributed by atoms with Crippen LogP contribution in [-0.4, -0.2) is 33.2 Å². The van der Waals surface area contributed by atoms with Gasteiger partial charge in [0.2, 0.25) is 15.9 Å².